The van der Waals surface area contributed by atoms with Gasteiger partial charge >= 0.3 is 0 Å². The molecule has 1 aromatic heterocycles. The highest BCUT2D eigenvalue weighted by molar-refractivity contribution is 7.99. The van der Waals surface area contributed by atoms with Crippen molar-refractivity contribution < 1.29 is 0 Å². The van der Waals surface area contributed by atoms with Gasteiger partial charge in [-0.05, 0) is 37.5 Å². The lowest BCUT2D eigenvalue weighted by atomic mass is 9.95. The van der Waals surface area contributed by atoms with E-state index in [4.69, 9.17) is 0 Å². The summed E-state index contributed by atoms with van der Waals surface area (Å²) in [5.41, 5.74) is 1.11. The van der Waals surface area contributed by atoms with Gasteiger partial charge in [-0.1, -0.05) is 13.3 Å². The third-order valence-electron chi connectivity index (χ3n) is 3.14. The Morgan fingerprint density at radius 3 is 2.82 bits per heavy atom. The van der Waals surface area contributed by atoms with Gasteiger partial charge < -0.3 is 5.32 Å². The molecule has 2 atom stereocenters. The summed E-state index contributed by atoms with van der Waals surface area (Å²) in [7, 11) is 0. The fourth-order valence-electron chi connectivity index (χ4n) is 2.31. The Balaban J connectivity index is 1.87. The van der Waals surface area contributed by atoms with Crippen molar-refractivity contribution in [2.24, 2.45) is 0 Å². The molecule has 1 aromatic rings. The third-order valence-corrected chi connectivity index (χ3v) is 4.38. The molecule has 94 valence electrons. The first-order chi connectivity index (χ1) is 8.28. The van der Waals surface area contributed by atoms with E-state index in [0.717, 1.165) is 16.8 Å². The Morgan fingerprint density at radius 1 is 1.35 bits per heavy atom. The summed E-state index contributed by atoms with van der Waals surface area (Å²) in [6, 6.07) is 0.551. The minimum absolute atomic E-state index is 0.551. The zero-order valence-corrected chi connectivity index (χ0v) is 11.5. The minimum atomic E-state index is 0.551. The van der Waals surface area contributed by atoms with Crippen LogP contribution in [0.2, 0.25) is 0 Å². The highest BCUT2D eigenvalue weighted by Gasteiger charge is 2.22. The van der Waals surface area contributed by atoms with Crippen molar-refractivity contribution in [3.05, 3.63) is 18.0 Å². The number of nitrogens with zero attached hydrogens (tertiary/aromatic N) is 2. The molecular weight excluding hydrogens is 230 g/mol. The van der Waals surface area contributed by atoms with Crippen molar-refractivity contribution in [3.63, 3.8) is 0 Å². The van der Waals surface area contributed by atoms with E-state index in [-0.39, 0.29) is 0 Å². The van der Waals surface area contributed by atoms with Gasteiger partial charge in [0.25, 0.3) is 0 Å². The predicted molar refractivity (Wildman–Crippen MR) is 74.6 cm³/mol. The Hall–Kier alpha value is -0.770. The van der Waals surface area contributed by atoms with E-state index in [1.54, 1.807) is 0 Å². The predicted octanol–water partition coefficient (Wildman–Crippen LogP) is 3.26. The third kappa shape index (κ3) is 3.87. The maximum Gasteiger partial charge on any atom is 0.222 e. The quantitative estimate of drug-likeness (QED) is 0.891. The first-order valence-electron chi connectivity index (χ1n) is 6.44. The number of aromatic nitrogens is 2. The van der Waals surface area contributed by atoms with E-state index < -0.39 is 0 Å². The summed E-state index contributed by atoms with van der Waals surface area (Å²) in [4.78, 5) is 8.63. The lowest BCUT2D eigenvalue weighted by Crippen LogP contribution is -2.29. The molecule has 0 amide bonds. The summed E-state index contributed by atoms with van der Waals surface area (Å²) in [6.45, 7) is 4.25. The van der Waals surface area contributed by atoms with Gasteiger partial charge in [-0.3, -0.25) is 0 Å². The van der Waals surface area contributed by atoms with Crippen LogP contribution in [0.15, 0.2) is 12.4 Å². The van der Waals surface area contributed by atoms with Crippen LogP contribution in [0.5, 0.6) is 0 Å². The van der Waals surface area contributed by atoms with Crippen molar-refractivity contribution >= 4 is 17.7 Å². The van der Waals surface area contributed by atoms with Crippen molar-refractivity contribution in [2.75, 3.05) is 11.1 Å². The Morgan fingerprint density at radius 2 is 2.12 bits per heavy atom. The molecule has 4 heteroatoms. The fourth-order valence-corrected chi connectivity index (χ4v) is 3.49. The molecule has 0 saturated heterocycles. The van der Waals surface area contributed by atoms with Crippen LogP contribution in [-0.4, -0.2) is 27.0 Å². The van der Waals surface area contributed by atoms with Crippen molar-refractivity contribution in [3.8, 4) is 0 Å². The molecule has 1 aliphatic carbocycles. The molecule has 17 heavy (non-hydrogen) atoms. The lowest BCUT2D eigenvalue weighted by molar-refractivity contribution is 0.471. The summed E-state index contributed by atoms with van der Waals surface area (Å²) < 4.78 is 0. The summed E-state index contributed by atoms with van der Waals surface area (Å²) in [5.74, 6) is 2.00. The largest absolute Gasteiger partial charge is 0.351 e. The topological polar surface area (TPSA) is 37.8 Å². The van der Waals surface area contributed by atoms with Crippen LogP contribution >= 0.6 is 11.8 Å². The van der Waals surface area contributed by atoms with Gasteiger partial charge in [0, 0.05) is 23.7 Å². The number of nitrogens with one attached hydrogen (secondary N) is 1. The highest BCUT2D eigenvalue weighted by Crippen LogP contribution is 2.29. The van der Waals surface area contributed by atoms with Crippen LogP contribution in [0, 0.1) is 6.92 Å². The maximum absolute atomic E-state index is 4.31. The van der Waals surface area contributed by atoms with E-state index in [0.29, 0.717) is 6.04 Å². The van der Waals surface area contributed by atoms with Crippen LogP contribution < -0.4 is 5.32 Å². The maximum atomic E-state index is 4.31. The monoisotopic (exact) mass is 251 g/mol. The summed E-state index contributed by atoms with van der Waals surface area (Å²) in [5, 5.41) is 4.28. The van der Waals surface area contributed by atoms with Gasteiger partial charge in [-0.15, -0.1) is 0 Å². The minimum Gasteiger partial charge on any atom is -0.351 e. The number of rotatable bonds is 4. The lowest BCUT2D eigenvalue weighted by Gasteiger charge is -2.29. The Bertz CT molecular complexity index is 337. The molecule has 1 saturated carbocycles. The van der Waals surface area contributed by atoms with E-state index in [9.17, 15) is 0 Å². The van der Waals surface area contributed by atoms with Crippen LogP contribution in [0.3, 0.4) is 0 Å². The number of anilines is 1. The first-order valence-corrected chi connectivity index (χ1v) is 7.49. The Labute approximate surface area is 108 Å². The first kappa shape index (κ1) is 12.7. The van der Waals surface area contributed by atoms with E-state index in [2.05, 4.69) is 34.0 Å². The number of hydrogen-bond donors (Lipinski definition) is 1. The molecule has 0 aromatic carbocycles. The molecule has 1 heterocycles. The van der Waals surface area contributed by atoms with E-state index in [1.165, 1.54) is 31.4 Å². The van der Waals surface area contributed by atoms with Gasteiger partial charge in [0.15, 0.2) is 0 Å². The average Bonchev–Trinajstić information content (AvgIpc) is 2.33. The molecule has 1 fully saturated rings. The van der Waals surface area contributed by atoms with E-state index >= 15 is 0 Å². The second-order valence-electron chi connectivity index (χ2n) is 4.67. The standard InChI is InChI=1S/C13H21N3S/c1-3-17-12-6-4-5-11(7-12)16-13-14-8-10(2)9-15-13/h8-9,11-12H,3-7H2,1-2H3,(H,14,15,16). The molecule has 0 spiro atoms. The van der Waals surface area contributed by atoms with Gasteiger partial charge in [0.2, 0.25) is 5.95 Å². The molecule has 1 N–H and O–H groups in total. The molecule has 3 nitrogen and oxygen atoms in total. The van der Waals surface area contributed by atoms with Gasteiger partial charge in [-0.25, -0.2) is 9.97 Å². The van der Waals surface area contributed by atoms with Crippen molar-refractivity contribution in [1.29, 1.82) is 0 Å². The fraction of sp³-hybridized carbons (Fsp3) is 0.692. The summed E-state index contributed by atoms with van der Waals surface area (Å²) >= 11 is 2.09. The molecule has 1 aliphatic rings. The number of aryl methyl sites for hydroxylation is 1. The van der Waals surface area contributed by atoms with E-state index in [1.807, 2.05) is 19.3 Å². The second kappa shape index (κ2) is 6.24. The molecule has 2 rings (SSSR count). The van der Waals surface area contributed by atoms with Crippen LogP contribution in [-0.2, 0) is 0 Å². The van der Waals surface area contributed by atoms with Crippen molar-refractivity contribution in [1.82, 2.24) is 9.97 Å². The van der Waals surface area contributed by atoms with Gasteiger partial charge in [0.1, 0.15) is 0 Å². The zero-order chi connectivity index (χ0) is 12.1. The van der Waals surface area contributed by atoms with Gasteiger partial charge in [0.05, 0.1) is 0 Å². The second-order valence-corrected chi connectivity index (χ2v) is 6.25. The average molecular weight is 251 g/mol. The smallest absolute Gasteiger partial charge is 0.222 e. The number of thioether (sulfide) groups is 1. The molecule has 0 bridgehead atoms. The van der Waals surface area contributed by atoms with Crippen LogP contribution in [0.4, 0.5) is 5.95 Å². The normalized spacial score (nSPS) is 24.6. The molecule has 2 unspecified atom stereocenters. The van der Waals surface area contributed by atoms with Crippen LogP contribution in [0.25, 0.3) is 0 Å². The number of hydrogen-bond acceptors (Lipinski definition) is 4. The zero-order valence-electron chi connectivity index (χ0n) is 10.6. The van der Waals surface area contributed by atoms with Crippen molar-refractivity contribution in [2.45, 2.75) is 50.8 Å². The highest BCUT2D eigenvalue weighted by atomic mass is 32.2. The molecular formula is C13H21N3S. The van der Waals surface area contributed by atoms with Gasteiger partial charge in [-0.2, -0.15) is 11.8 Å². The molecule has 0 aliphatic heterocycles. The van der Waals surface area contributed by atoms with Crippen LogP contribution in [0.1, 0.15) is 38.2 Å². The molecule has 0 radical (unpaired) electrons. The Kier molecular flexibility index (Phi) is 4.66. The summed E-state index contributed by atoms with van der Waals surface area (Å²) in [6.07, 6.45) is 8.92. The SMILES string of the molecule is CCSC1CCCC(Nc2ncc(C)cn2)C1.